The second-order valence-electron chi connectivity index (χ2n) is 5.59. The standard InChI is InChI=1S/C16H21N5O4/c1-2-6-17-15(22)12-19-7-9-20(10-8-19)16(23)18-13-4-3-5-14(11-13)21(24)25/h2-5,11H,1,6-10,12H2,(H,17,22)(H,18,23). The van der Waals surface area contributed by atoms with Gasteiger partial charge in [-0.1, -0.05) is 12.1 Å². The molecule has 0 aromatic heterocycles. The van der Waals surface area contributed by atoms with E-state index >= 15 is 0 Å². The molecule has 0 aliphatic carbocycles. The fraction of sp³-hybridized carbons (Fsp3) is 0.375. The van der Waals surface area contributed by atoms with Crippen molar-refractivity contribution in [3.05, 3.63) is 47.0 Å². The minimum atomic E-state index is -0.508. The molecule has 1 aliphatic rings. The summed E-state index contributed by atoms with van der Waals surface area (Å²) < 4.78 is 0. The van der Waals surface area contributed by atoms with Crippen LogP contribution in [0.25, 0.3) is 0 Å². The highest BCUT2D eigenvalue weighted by atomic mass is 16.6. The van der Waals surface area contributed by atoms with Gasteiger partial charge in [-0.2, -0.15) is 0 Å². The van der Waals surface area contributed by atoms with Crippen LogP contribution >= 0.6 is 0 Å². The number of nitrogens with zero attached hydrogens (tertiary/aromatic N) is 3. The van der Waals surface area contributed by atoms with Gasteiger partial charge in [0.15, 0.2) is 0 Å². The number of piperazine rings is 1. The van der Waals surface area contributed by atoms with Crippen molar-refractivity contribution in [1.29, 1.82) is 0 Å². The monoisotopic (exact) mass is 347 g/mol. The molecule has 0 radical (unpaired) electrons. The smallest absolute Gasteiger partial charge is 0.321 e. The Hall–Kier alpha value is -2.94. The van der Waals surface area contributed by atoms with E-state index < -0.39 is 4.92 Å². The highest BCUT2D eigenvalue weighted by Crippen LogP contribution is 2.17. The van der Waals surface area contributed by atoms with Gasteiger partial charge >= 0.3 is 6.03 Å². The van der Waals surface area contributed by atoms with Crippen molar-refractivity contribution in [1.82, 2.24) is 15.1 Å². The molecule has 0 atom stereocenters. The predicted octanol–water partition coefficient (Wildman–Crippen LogP) is 1.05. The van der Waals surface area contributed by atoms with Gasteiger partial charge in [0.25, 0.3) is 5.69 Å². The maximum atomic E-state index is 12.3. The number of urea groups is 1. The molecule has 3 amide bonds. The van der Waals surface area contributed by atoms with Crippen LogP contribution in [-0.2, 0) is 4.79 Å². The minimum Gasteiger partial charge on any atom is -0.352 e. The van der Waals surface area contributed by atoms with Crippen LogP contribution in [0.3, 0.4) is 0 Å². The molecule has 2 N–H and O–H groups in total. The molecular formula is C16H21N5O4. The first-order chi connectivity index (χ1) is 12.0. The van der Waals surface area contributed by atoms with Gasteiger partial charge < -0.3 is 15.5 Å². The molecule has 2 rings (SSSR count). The van der Waals surface area contributed by atoms with Crippen LogP contribution in [0.4, 0.5) is 16.2 Å². The molecule has 1 aromatic carbocycles. The molecule has 134 valence electrons. The lowest BCUT2D eigenvalue weighted by atomic mass is 10.3. The number of nitro benzene ring substituents is 1. The van der Waals surface area contributed by atoms with E-state index in [9.17, 15) is 19.7 Å². The molecule has 0 spiro atoms. The Labute approximate surface area is 145 Å². The van der Waals surface area contributed by atoms with Gasteiger partial charge in [-0.15, -0.1) is 6.58 Å². The summed E-state index contributed by atoms with van der Waals surface area (Å²) in [6, 6.07) is 5.50. The Morgan fingerprint density at radius 3 is 2.64 bits per heavy atom. The summed E-state index contributed by atoms with van der Waals surface area (Å²) >= 11 is 0. The van der Waals surface area contributed by atoms with Crippen LogP contribution in [0.1, 0.15) is 0 Å². The van der Waals surface area contributed by atoms with Crippen LogP contribution in [0.5, 0.6) is 0 Å². The number of nitro groups is 1. The van der Waals surface area contributed by atoms with Crippen molar-refractivity contribution in [3.63, 3.8) is 0 Å². The quantitative estimate of drug-likeness (QED) is 0.454. The number of amides is 3. The maximum absolute atomic E-state index is 12.3. The molecule has 9 heteroatoms. The Bertz CT molecular complexity index is 656. The fourth-order valence-corrected chi connectivity index (χ4v) is 2.45. The van der Waals surface area contributed by atoms with Gasteiger partial charge in [0.1, 0.15) is 0 Å². The lowest BCUT2D eigenvalue weighted by molar-refractivity contribution is -0.384. The van der Waals surface area contributed by atoms with Crippen molar-refractivity contribution in [2.75, 3.05) is 44.6 Å². The Kier molecular flexibility index (Phi) is 6.47. The molecule has 0 saturated carbocycles. The van der Waals surface area contributed by atoms with Gasteiger partial charge in [-0.05, 0) is 6.07 Å². The summed E-state index contributed by atoms with van der Waals surface area (Å²) in [6.45, 7) is 6.40. The third-order valence-electron chi connectivity index (χ3n) is 3.78. The Balaban J connectivity index is 1.81. The van der Waals surface area contributed by atoms with E-state index in [4.69, 9.17) is 0 Å². The number of nitrogens with one attached hydrogen (secondary N) is 2. The van der Waals surface area contributed by atoms with Crippen LogP contribution < -0.4 is 10.6 Å². The molecule has 25 heavy (non-hydrogen) atoms. The lowest BCUT2D eigenvalue weighted by Gasteiger charge is -2.34. The normalized spacial score (nSPS) is 14.6. The van der Waals surface area contributed by atoms with Gasteiger partial charge in [-0.25, -0.2) is 4.79 Å². The summed E-state index contributed by atoms with van der Waals surface area (Å²) in [5.74, 6) is -0.0746. The molecule has 0 bridgehead atoms. The van der Waals surface area contributed by atoms with Crippen molar-refractivity contribution in [2.24, 2.45) is 0 Å². The van der Waals surface area contributed by atoms with E-state index in [2.05, 4.69) is 17.2 Å². The first-order valence-electron chi connectivity index (χ1n) is 7.90. The number of rotatable bonds is 6. The summed E-state index contributed by atoms with van der Waals surface area (Å²) in [5, 5.41) is 16.1. The summed E-state index contributed by atoms with van der Waals surface area (Å²) in [4.78, 5) is 37.8. The lowest BCUT2D eigenvalue weighted by Crippen LogP contribution is -2.52. The third-order valence-corrected chi connectivity index (χ3v) is 3.78. The number of carbonyl (C=O) groups is 2. The highest BCUT2D eigenvalue weighted by molar-refractivity contribution is 5.89. The van der Waals surface area contributed by atoms with Crippen molar-refractivity contribution in [2.45, 2.75) is 0 Å². The number of benzene rings is 1. The number of non-ortho nitro benzene ring substituents is 1. The van der Waals surface area contributed by atoms with E-state index in [0.29, 0.717) is 38.4 Å². The number of anilines is 1. The SMILES string of the molecule is C=CCNC(=O)CN1CCN(C(=O)Nc2cccc([N+](=O)[O-])c2)CC1. The number of hydrogen-bond acceptors (Lipinski definition) is 5. The second kappa shape index (κ2) is 8.78. The maximum Gasteiger partial charge on any atom is 0.321 e. The highest BCUT2D eigenvalue weighted by Gasteiger charge is 2.22. The molecule has 0 unspecified atom stereocenters. The predicted molar refractivity (Wildman–Crippen MR) is 93.3 cm³/mol. The molecule has 9 nitrogen and oxygen atoms in total. The molecule has 1 aromatic rings. The van der Waals surface area contributed by atoms with E-state index in [1.807, 2.05) is 4.90 Å². The Morgan fingerprint density at radius 1 is 1.28 bits per heavy atom. The third kappa shape index (κ3) is 5.57. The molecule has 1 heterocycles. The first-order valence-corrected chi connectivity index (χ1v) is 7.90. The van der Waals surface area contributed by atoms with E-state index in [-0.39, 0.29) is 24.2 Å². The zero-order chi connectivity index (χ0) is 18.2. The molecule has 1 fully saturated rings. The molecule has 1 aliphatic heterocycles. The average Bonchev–Trinajstić information content (AvgIpc) is 2.60. The van der Waals surface area contributed by atoms with Crippen LogP contribution in [0.15, 0.2) is 36.9 Å². The molecular weight excluding hydrogens is 326 g/mol. The summed E-state index contributed by atoms with van der Waals surface area (Å²) in [5.41, 5.74) is 0.304. The number of hydrogen-bond donors (Lipinski definition) is 2. The Morgan fingerprint density at radius 2 is 2.00 bits per heavy atom. The van der Waals surface area contributed by atoms with Crippen molar-refractivity contribution >= 4 is 23.3 Å². The molecule has 1 saturated heterocycles. The van der Waals surface area contributed by atoms with Crippen LogP contribution in [0, 0.1) is 10.1 Å². The second-order valence-corrected chi connectivity index (χ2v) is 5.59. The largest absolute Gasteiger partial charge is 0.352 e. The first kappa shape index (κ1) is 18.4. The van der Waals surface area contributed by atoms with Gasteiger partial charge in [0, 0.05) is 50.5 Å². The van der Waals surface area contributed by atoms with E-state index in [0.717, 1.165) is 0 Å². The van der Waals surface area contributed by atoms with Gasteiger partial charge in [0.05, 0.1) is 11.5 Å². The zero-order valence-corrected chi connectivity index (χ0v) is 13.8. The van der Waals surface area contributed by atoms with Gasteiger partial charge in [0.2, 0.25) is 5.91 Å². The van der Waals surface area contributed by atoms with E-state index in [1.54, 1.807) is 17.0 Å². The van der Waals surface area contributed by atoms with Gasteiger partial charge in [-0.3, -0.25) is 19.8 Å². The van der Waals surface area contributed by atoms with Crippen LogP contribution in [-0.4, -0.2) is 65.9 Å². The summed E-state index contributed by atoms with van der Waals surface area (Å²) in [6.07, 6.45) is 1.62. The fourth-order valence-electron chi connectivity index (χ4n) is 2.45. The minimum absolute atomic E-state index is 0.0746. The zero-order valence-electron chi connectivity index (χ0n) is 13.8. The summed E-state index contributed by atoms with van der Waals surface area (Å²) in [7, 11) is 0. The van der Waals surface area contributed by atoms with Crippen molar-refractivity contribution < 1.29 is 14.5 Å². The number of carbonyl (C=O) groups excluding carboxylic acids is 2. The topological polar surface area (TPSA) is 108 Å². The van der Waals surface area contributed by atoms with Crippen LogP contribution in [0.2, 0.25) is 0 Å². The average molecular weight is 347 g/mol. The van der Waals surface area contributed by atoms with Crippen molar-refractivity contribution in [3.8, 4) is 0 Å². The van der Waals surface area contributed by atoms with E-state index in [1.165, 1.54) is 18.2 Å².